The molecule has 1 aliphatic rings. The molecule has 0 aliphatic carbocycles. The van der Waals surface area contributed by atoms with E-state index in [1.807, 2.05) is 12.1 Å². The number of ether oxygens (including phenoxy) is 1. The molecule has 0 saturated carbocycles. The highest BCUT2D eigenvalue weighted by molar-refractivity contribution is 5.97. The van der Waals surface area contributed by atoms with Crippen molar-refractivity contribution in [2.75, 3.05) is 6.54 Å². The zero-order valence-electron chi connectivity index (χ0n) is 16.3. The summed E-state index contributed by atoms with van der Waals surface area (Å²) in [6.45, 7) is -1.04. The Morgan fingerprint density at radius 3 is 2.50 bits per heavy atom. The molecule has 0 bridgehead atoms. The first-order valence-electron chi connectivity index (χ1n) is 9.30. The molecule has 0 radical (unpaired) electrons. The summed E-state index contributed by atoms with van der Waals surface area (Å²) >= 11 is 0. The molecule has 158 valence electrons. The molecule has 0 saturated heterocycles. The van der Waals surface area contributed by atoms with Gasteiger partial charge >= 0.3 is 5.97 Å². The first-order chi connectivity index (χ1) is 15.3. The van der Waals surface area contributed by atoms with E-state index in [-0.39, 0.29) is 34.3 Å². The highest BCUT2D eigenvalue weighted by atomic mass is 16.5. The number of aromatic nitrogens is 1. The van der Waals surface area contributed by atoms with Crippen molar-refractivity contribution in [3.63, 3.8) is 0 Å². The number of amides is 1. The van der Waals surface area contributed by atoms with Crippen molar-refractivity contribution in [3.8, 4) is 23.6 Å². The SMILES string of the molecule is N#Cc1ccc(C2(C(=O)NCC(=O)O)Cn3c(=O)cc(O)c4c(C#N)ccc(c43)O2)cc1. The Morgan fingerprint density at radius 2 is 1.88 bits per heavy atom. The van der Waals surface area contributed by atoms with Crippen molar-refractivity contribution in [1.82, 2.24) is 9.88 Å². The molecule has 1 aromatic heterocycles. The average molecular weight is 430 g/mol. The minimum absolute atomic E-state index is 0.0492. The monoisotopic (exact) mass is 430 g/mol. The quantitative estimate of drug-likeness (QED) is 0.550. The number of nitriles is 2. The molecule has 0 fully saturated rings. The second-order valence-electron chi connectivity index (χ2n) is 7.10. The van der Waals surface area contributed by atoms with Crippen molar-refractivity contribution in [2.45, 2.75) is 12.1 Å². The van der Waals surface area contributed by atoms with Crippen molar-refractivity contribution < 1.29 is 24.5 Å². The number of nitrogens with one attached hydrogen (secondary N) is 1. The third kappa shape index (κ3) is 3.07. The first kappa shape index (κ1) is 20.4. The van der Waals surface area contributed by atoms with Crippen LogP contribution < -0.4 is 15.6 Å². The normalized spacial score (nSPS) is 16.4. The standard InChI is InChI=1S/C22H14N4O6/c23-8-12-1-4-14(5-2-12)22(21(31)25-10-18(29)30)11-26-17(28)7-15(27)19-13(9-24)3-6-16(32-22)20(19)26/h1-7,27H,10-11H2,(H,25,31)(H,29,30). The van der Waals surface area contributed by atoms with Crippen molar-refractivity contribution in [1.29, 1.82) is 10.5 Å². The van der Waals surface area contributed by atoms with Crippen LogP contribution in [-0.4, -0.2) is 33.2 Å². The average Bonchev–Trinajstić information content (AvgIpc) is 2.80. The van der Waals surface area contributed by atoms with Gasteiger partial charge in [0.2, 0.25) is 5.60 Å². The number of carbonyl (C=O) groups is 2. The number of nitrogens with zero attached hydrogens (tertiary/aromatic N) is 3. The molecule has 4 rings (SSSR count). The zero-order valence-corrected chi connectivity index (χ0v) is 16.3. The minimum atomic E-state index is -1.85. The number of aliphatic carboxylic acids is 1. The zero-order chi connectivity index (χ0) is 23.0. The van der Waals surface area contributed by atoms with E-state index in [0.717, 1.165) is 6.07 Å². The van der Waals surface area contributed by atoms with Crippen LogP contribution in [0.3, 0.4) is 0 Å². The molecule has 10 heteroatoms. The van der Waals surface area contributed by atoms with Gasteiger partial charge in [0.15, 0.2) is 0 Å². The van der Waals surface area contributed by atoms with Gasteiger partial charge in [0.05, 0.1) is 40.7 Å². The van der Waals surface area contributed by atoms with Crippen LogP contribution >= 0.6 is 0 Å². The van der Waals surface area contributed by atoms with Gasteiger partial charge in [0.1, 0.15) is 18.0 Å². The van der Waals surface area contributed by atoms with Crippen LogP contribution in [0.4, 0.5) is 0 Å². The second-order valence-corrected chi connectivity index (χ2v) is 7.10. The molecule has 32 heavy (non-hydrogen) atoms. The number of carboxylic acid groups (broad SMARTS) is 1. The summed E-state index contributed by atoms with van der Waals surface area (Å²) < 4.78 is 7.29. The number of pyridine rings is 1. The summed E-state index contributed by atoms with van der Waals surface area (Å²) in [7, 11) is 0. The molecular formula is C22H14N4O6. The van der Waals surface area contributed by atoms with Gasteiger partial charge in [-0.3, -0.25) is 19.0 Å². The Labute approximate surface area is 180 Å². The lowest BCUT2D eigenvalue weighted by molar-refractivity contribution is -0.144. The maximum absolute atomic E-state index is 13.2. The second kappa shape index (κ2) is 7.45. The number of rotatable bonds is 4. The van der Waals surface area contributed by atoms with Gasteiger partial charge in [-0.1, -0.05) is 12.1 Å². The Bertz CT molecular complexity index is 1430. The highest BCUT2D eigenvalue weighted by Crippen LogP contribution is 2.42. The van der Waals surface area contributed by atoms with Gasteiger partial charge < -0.3 is 20.3 Å². The maximum atomic E-state index is 13.2. The van der Waals surface area contributed by atoms with Crippen LogP contribution in [0.25, 0.3) is 10.9 Å². The van der Waals surface area contributed by atoms with Gasteiger partial charge in [-0.05, 0) is 24.3 Å². The number of benzene rings is 2. The first-order valence-corrected chi connectivity index (χ1v) is 9.30. The minimum Gasteiger partial charge on any atom is -0.507 e. The Morgan fingerprint density at radius 1 is 1.16 bits per heavy atom. The van der Waals surface area contributed by atoms with Crippen LogP contribution in [0.15, 0.2) is 47.3 Å². The third-order valence-corrected chi connectivity index (χ3v) is 5.23. The van der Waals surface area contributed by atoms with Crippen molar-refractivity contribution in [2.24, 2.45) is 0 Å². The Kier molecular flexibility index (Phi) is 4.76. The Balaban J connectivity index is 1.97. The summed E-state index contributed by atoms with van der Waals surface area (Å²) in [5.74, 6) is -2.43. The maximum Gasteiger partial charge on any atom is 0.322 e. The number of carboxylic acids is 1. The fraction of sp³-hybridized carbons (Fsp3) is 0.136. The lowest BCUT2D eigenvalue weighted by Gasteiger charge is -2.38. The lowest BCUT2D eigenvalue weighted by atomic mass is 9.89. The van der Waals surface area contributed by atoms with Gasteiger partial charge in [0, 0.05) is 11.6 Å². The molecule has 1 unspecified atom stereocenters. The van der Waals surface area contributed by atoms with Gasteiger partial charge in [-0.15, -0.1) is 0 Å². The van der Waals surface area contributed by atoms with Crippen LogP contribution in [0.5, 0.6) is 11.5 Å². The van der Waals surface area contributed by atoms with E-state index in [2.05, 4.69) is 5.32 Å². The predicted molar refractivity (Wildman–Crippen MR) is 109 cm³/mol. The van der Waals surface area contributed by atoms with Gasteiger partial charge in [0.25, 0.3) is 11.5 Å². The van der Waals surface area contributed by atoms with E-state index in [1.54, 1.807) is 0 Å². The van der Waals surface area contributed by atoms with Crippen LogP contribution in [0.2, 0.25) is 0 Å². The fourth-order valence-electron chi connectivity index (χ4n) is 3.76. The topological polar surface area (TPSA) is 165 Å². The largest absolute Gasteiger partial charge is 0.507 e. The van der Waals surface area contributed by atoms with Crippen molar-refractivity contribution in [3.05, 3.63) is 69.5 Å². The van der Waals surface area contributed by atoms with Crippen LogP contribution in [-0.2, 0) is 21.7 Å². The fourth-order valence-corrected chi connectivity index (χ4v) is 3.76. The summed E-state index contributed by atoms with van der Waals surface area (Å²) in [4.78, 5) is 37.0. The van der Waals surface area contributed by atoms with E-state index in [9.17, 15) is 24.8 Å². The molecule has 2 heterocycles. The summed E-state index contributed by atoms with van der Waals surface area (Å²) in [5.41, 5.74) is -1.63. The molecular weight excluding hydrogens is 416 g/mol. The summed E-state index contributed by atoms with van der Waals surface area (Å²) in [6.07, 6.45) is 0. The van der Waals surface area contributed by atoms with E-state index in [1.165, 1.54) is 41.0 Å². The lowest BCUT2D eigenvalue weighted by Crippen LogP contribution is -2.55. The molecule has 3 aromatic rings. The molecule has 1 amide bonds. The molecule has 1 atom stereocenters. The number of carbonyl (C=O) groups excluding carboxylic acids is 1. The van der Waals surface area contributed by atoms with Gasteiger partial charge in [-0.25, -0.2) is 0 Å². The molecule has 2 aromatic carbocycles. The Hall–Kier alpha value is -4.83. The summed E-state index contributed by atoms with van der Waals surface area (Å²) in [6, 6.07) is 13.5. The third-order valence-electron chi connectivity index (χ3n) is 5.23. The van der Waals surface area contributed by atoms with E-state index in [4.69, 9.17) is 15.1 Å². The number of hydrogen-bond donors (Lipinski definition) is 3. The smallest absolute Gasteiger partial charge is 0.322 e. The van der Waals surface area contributed by atoms with E-state index < -0.39 is 35.3 Å². The molecule has 0 spiro atoms. The van der Waals surface area contributed by atoms with E-state index >= 15 is 0 Å². The van der Waals surface area contributed by atoms with E-state index in [0.29, 0.717) is 5.56 Å². The number of aromatic hydroxyl groups is 1. The van der Waals surface area contributed by atoms with Gasteiger partial charge in [-0.2, -0.15) is 10.5 Å². The molecule has 3 N–H and O–H groups in total. The summed E-state index contributed by atoms with van der Waals surface area (Å²) in [5, 5.41) is 40.2. The van der Waals surface area contributed by atoms with Crippen molar-refractivity contribution >= 4 is 22.8 Å². The van der Waals surface area contributed by atoms with Crippen LogP contribution in [0, 0.1) is 22.7 Å². The highest BCUT2D eigenvalue weighted by Gasteiger charge is 2.47. The molecule has 1 aliphatic heterocycles. The number of hydrogen-bond acceptors (Lipinski definition) is 7. The van der Waals surface area contributed by atoms with Crippen LogP contribution in [0.1, 0.15) is 16.7 Å². The predicted octanol–water partition coefficient (Wildman–Crippen LogP) is 0.939. The molecule has 10 nitrogen and oxygen atoms in total.